The van der Waals surface area contributed by atoms with Crippen LogP contribution >= 0.6 is 0 Å². The molecule has 4 N–H and O–H groups in total. The Balaban J connectivity index is 0.00000256. The lowest BCUT2D eigenvalue weighted by Crippen LogP contribution is -3.00. The third-order valence-electron chi connectivity index (χ3n) is 2.04. The molecule has 0 fully saturated rings. The number of benzene rings is 1. The van der Waals surface area contributed by atoms with Crippen LogP contribution in [0.2, 0.25) is 0 Å². The molecule has 0 saturated carbocycles. The number of rotatable bonds is 4. The number of quaternary nitrogens is 1. The van der Waals surface area contributed by atoms with Gasteiger partial charge in [0.05, 0.1) is 4.92 Å². The normalized spacial score (nSPS) is 11.4. The van der Waals surface area contributed by atoms with Crippen LogP contribution < -0.4 is 18.1 Å². The zero-order valence-electron chi connectivity index (χ0n) is 8.60. The molecule has 0 aliphatic rings. The molecule has 0 radical (unpaired) electrons. The molecule has 0 unspecified atom stereocenters. The lowest BCUT2D eigenvalue weighted by atomic mass is 10.1. The molecular weight excluding hydrogens is 255 g/mol. The molecule has 0 aromatic heterocycles. The van der Waals surface area contributed by atoms with Crippen LogP contribution in [-0.4, -0.2) is 22.0 Å². The minimum Gasteiger partial charge on any atom is -1.00 e. The molecule has 0 aliphatic carbocycles. The van der Waals surface area contributed by atoms with E-state index in [1.165, 1.54) is 6.07 Å². The molecule has 0 heterocycles. The molecule has 0 aliphatic heterocycles. The highest BCUT2D eigenvalue weighted by Crippen LogP contribution is 2.18. The molecule has 0 amide bonds. The smallest absolute Gasteiger partial charge is 0.362 e. The molecular formula is C9H10ClFN2O4. The third-order valence-corrected chi connectivity index (χ3v) is 2.04. The Morgan fingerprint density at radius 2 is 2.18 bits per heavy atom. The number of hydrogen-bond acceptors (Lipinski definition) is 3. The highest BCUT2D eigenvalue weighted by atomic mass is 35.5. The Morgan fingerprint density at radius 1 is 1.59 bits per heavy atom. The standard InChI is InChI=1S/C9H9FN2O4.ClH/c10-6-3-5(4-7(11)9(13)14)1-2-8(6)12(15)16;/h1-3,7H,4,11H2,(H,13,14);1H/t7-;/m0./s1. The Bertz CT molecular complexity index is 441. The topological polar surface area (TPSA) is 108 Å². The van der Waals surface area contributed by atoms with E-state index >= 15 is 0 Å². The van der Waals surface area contributed by atoms with Crippen molar-refractivity contribution < 1.29 is 37.4 Å². The van der Waals surface area contributed by atoms with Gasteiger partial charge in [-0.3, -0.25) is 10.1 Å². The molecule has 17 heavy (non-hydrogen) atoms. The van der Waals surface area contributed by atoms with E-state index in [-0.39, 0.29) is 18.8 Å². The highest BCUT2D eigenvalue weighted by molar-refractivity contribution is 5.71. The average molecular weight is 265 g/mol. The summed E-state index contributed by atoms with van der Waals surface area (Å²) >= 11 is 0. The molecule has 8 heteroatoms. The minimum atomic E-state index is -1.10. The van der Waals surface area contributed by atoms with Crippen LogP contribution in [0.4, 0.5) is 10.1 Å². The number of carboxylic acid groups (broad SMARTS) is 1. The molecule has 0 spiro atoms. The molecule has 0 saturated heterocycles. The summed E-state index contributed by atoms with van der Waals surface area (Å²) in [5.74, 6) is -2.07. The number of halogens is 2. The molecule has 1 aromatic carbocycles. The van der Waals surface area contributed by atoms with Crippen molar-refractivity contribution in [1.29, 1.82) is 0 Å². The Hall–Kier alpha value is -1.73. The zero-order valence-corrected chi connectivity index (χ0v) is 9.35. The van der Waals surface area contributed by atoms with Gasteiger partial charge in [-0.15, -0.1) is 0 Å². The second-order valence-corrected chi connectivity index (χ2v) is 3.28. The van der Waals surface area contributed by atoms with Crippen molar-refractivity contribution in [1.82, 2.24) is 0 Å². The summed E-state index contributed by atoms with van der Waals surface area (Å²) in [6, 6.07) is 2.39. The van der Waals surface area contributed by atoms with E-state index in [1.54, 1.807) is 0 Å². The van der Waals surface area contributed by atoms with E-state index in [0.29, 0.717) is 5.56 Å². The molecule has 6 nitrogen and oxygen atoms in total. The van der Waals surface area contributed by atoms with Crippen molar-refractivity contribution in [2.45, 2.75) is 12.5 Å². The fourth-order valence-electron chi connectivity index (χ4n) is 1.20. The highest BCUT2D eigenvalue weighted by Gasteiger charge is 2.19. The van der Waals surface area contributed by atoms with Gasteiger partial charge < -0.3 is 23.2 Å². The number of hydrogen-bond donors (Lipinski definition) is 2. The summed E-state index contributed by atoms with van der Waals surface area (Å²) in [4.78, 5) is 20.0. The van der Waals surface area contributed by atoms with Crippen molar-refractivity contribution in [2.24, 2.45) is 0 Å². The molecule has 0 bridgehead atoms. The van der Waals surface area contributed by atoms with Gasteiger partial charge in [0.15, 0.2) is 6.04 Å². The summed E-state index contributed by atoms with van der Waals surface area (Å²) in [6.07, 6.45) is 0.0320. The van der Waals surface area contributed by atoms with E-state index in [1.807, 2.05) is 0 Å². The lowest BCUT2D eigenvalue weighted by molar-refractivity contribution is -0.407. The number of carbonyl (C=O) groups is 1. The van der Waals surface area contributed by atoms with Gasteiger partial charge in [0.1, 0.15) is 0 Å². The molecule has 94 valence electrons. The van der Waals surface area contributed by atoms with Crippen LogP contribution in [0.15, 0.2) is 18.2 Å². The van der Waals surface area contributed by atoms with Crippen molar-refractivity contribution in [3.05, 3.63) is 39.7 Å². The Labute approximate surface area is 102 Å². The van der Waals surface area contributed by atoms with Gasteiger partial charge in [-0.05, 0) is 11.6 Å². The predicted molar refractivity (Wildman–Crippen MR) is 51.1 cm³/mol. The van der Waals surface area contributed by atoms with E-state index in [9.17, 15) is 19.3 Å². The van der Waals surface area contributed by atoms with Crippen molar-refractivity contribution >= 4 is 11.7 Å². The third kappa shape index (κ3) is 3.97. The first-order valence-electron chi connectivity index (χ1n) is 4.40. The maximum atomic E-state index is 13.1. The molecule has 1 atom stereocenters. The maximum Gasteiger partial charge on any atom is 0.362 e. The average Bonchev–Trinajstić information content (AvgIpc) is 2.16. The van der Waals surface area contributed by atoms with Gasteiger partial charge in [-0.2, -0.15) is 4.39 Å². The number of nitrogens with zero attached hydrogens (tertiary/aromatic N) is 1. The second kappa shape index (κ2) is 6.12. The fraction of sp³-hybridized carbons (Fsp3) is 0.222. The lowest BCUT2D eigenvalue weighted by Gasteiger charge is -2.03. The minimum absolute atomic E-state index is 0. The van der Waals surface area contributed by atoms with Gasteiger partial charge in [0.25, 0.3) is 0 Å². The van der Waals surface area contributed by atoms with Crippen LogP contribution in [0.3, 0.4) is 0 Å². The summed E-state index contributed by atoms with van der Waals surface area (Å²) in [7, 11) is 0. The van der Waals surface area contributed by atoms with Crippen molar-refractivity contribution in [3.63, 3.8) is 0 Å². The van der Waals surface area contributed by atoms with Crippen LogP contribution in [0.1, 0.15) is 5.56 Å². The van der Waals surface area contributed by atoms with Crippen LogP contribution in [0.5, 0.6) is 0 Å². The van der Waals surface area contributed by atoms with Gasteiger partial charge in [-0.1, -0.05) is 6.07 Å². The van der Waals surface area contributed by atoms with Crippen LogP contribution in [0.25, 0.3) is 0 Å². The fourth-order valence-corrected chi connectivity index (χ4v) is 1.20. The molecule has 1 rings (SSSR count). The van der Waals surface area contributed by atoms with E-state index in [0.717, 1.165) is 12.1 Å². The van der Waals surface area contributed by atoms with Gasteiger partial charge >= 0.3 is 11.7 Å². The predicted octanol–water partition coefficient (Wildman–Crippen LogP) is -3.02. The van der Waals surface area contributed by atoms with Gasteiger partial charge in [-0.25, -0.2) is 4.79 Å². The van der Waals surface area contributed by atoms with Crippen molar-refractivity contribution in [3.8, 4) is 0 Å². The quantitative estimate of drug-likeness (QED) is 0.446. The summed E-state index contributed by atoms with van der Waals surface area (Å²) in [5.41, 5.74) is 3.11. The first-order valence-corrected chi connectivity index (χ1v) is 4.40. The largest absolute Gasteiger partial charge is 1.00 e. The monoisotopic (exact) mass is 264 g/mol. The SMILES string of the molecule is [Cl-].[NH3+][C@@H](Cc1ccc([N+](=O)[O-])c(F)c1)C(=O)O. The number of nitro groups is 1. The summed E-state index contributed by atoms with van der Waals surface area (Å²) in [6.45, 7) is 0. The zero-order chi connectivity index (χ0) is 12.3. The second-order valence-electron chi connectivity index (χ2n) is 3.28. The van der Waals surface area contributed by atoms with E-state index < -0.39 is 28.4 Å². The first-order chi connectivity index (χ1) is 7.41. The Kier molecular flexibility index (Phi) is 5.49. The number of nitro benzene ring substituents is 1. The summed E-state index contributed by atoms with van der Waals surface area (Å²) < 4.78 is 13.1. The number of aliphatic carboxylic acids is 1. The van der Waals surface area contributed by atoms with Crippen molar-refractivity contribution in [2.75, 3.05) is 0 Å². The Morgan fingerprint density at radius 3 is 2.59 bits per heavy atom. The maximum absolute atomic E-state index is 13.1. The van der Waals surface area contributed by atoms with Crippen LogP contribution in [0, 0.1) is 15.9 Å². The summed E-state index contributed by atoms with van der Waals surface area (Å²) in [5, 5.41) is 18.9. The van der Waals surface area contributed by atoms with Gasteiger partial charge in [0.2, 0.25) is 5.82 Å². The first kappa shape index (κ1) is 15.3. The van der Waals surface area contributed by atoms with E-state index in [2.05, 4.69) is 5.73 Å². The number of carboxylic acids is 1. The van der Waals surface area contributed by atoms with E-state index in [4.69, 9.17) is 5.11 Å². The van der Waals surface area contributed by atoms with Gasteiger partial charge in [0, 0.05) is 12.5 Å². The molecule has 1 aromatic rings. The van der Waals surface area contributed by atoms with Crippen LogP contribution in [-0.2, 0) is 11.2 Å².